The predicted molar refractivity (Wildman–Crippen MR) is 131 cm³/mol. The Labute approximate surface area is 198 Å². The molecule has 3 aromatic carbocycles. The number of nitrogens with zero attached hydrogens (tertiary/aromatic N) is 2. The fourth-order valence-corrected chi connectivity index (χ4v) is 5.52. The van der Waals surface area contributed by atoms with Gasteiger partial charge in [-0.1, -0.05) is 96.9 Å². The summed E-state index contributed by atoms with van der Waals surface area (Å²) in [5.41, 5.74) is 3.80. The normalized spacial score (nSPS) is 11.6. The zero-order valence-electron chi connectivity index (χ0n) is 17.5. The van der Waals surface area contributed by atoms with Gasteiger partial charge in [0.2, 0.25) is 15.0 Å². The first-order valence-electron chi connectivity index (χ1n) is 10.3. The third-order valence-corrected chi connectivity index (χ3v) is 7.41. The van der Waals surface area contributed by atoms with Gasteiger partial charge in [-0.2, -0.15) is 0 Å². The summed E-state index contributed by atoms with van der Waals surface area (Å²) in [4.78, 5) is 4.70. The van der Waals surface area contributed by atoms with Crippen molar-refractivity contribution >= 4 is 33.0 Å². The van der Waals surface area contributed by atoms with Crippen LogP contribution in [-0.2, 0) is 22.1 Å². The molecule has 4 rings (SSSR count). The number of imidazole rings is 1. The maximum absolute atomic E-state index is 13.6. The summed E-state index contributed by atoms with van der Waals surface area (Å²) in [5.74, 6) is -0.215. The molecular weight excluding hydrogens is 463 g/mol. The summed E-state index contributed by atoms with van der Waals surface area (Å²) in [7, 11) is -3.76. The number of hydrogen-bond donors (Lipinski definition) is 0. The first kappa shape index (κ1) is 22.6. The molecular formula is C25H22Cl2N2O2S. The molecule has 0 unspecified atom stereocenters. The van der Waals surface area contributed by atoms with Gasteiger partial charge in [-0.15, -0.1) is 0 Å². The molecule has 0 atom stereocenters. The second kappa shape index (κ2) is 9.49. The third kappa shape index (κ3) is 4.60. The molecule has 0 N–H and O–H groups in total. The molecule has 0 aliphatic carbocycles. The molecule has 0 spiro atoms. The van der Waals surface area contributed by atoms with Crippen LogP contribution in [0.25, 0.3) is 22.5 Å². The Morgan fingerprint density at radius 2 is 1.47 bits per heavy atom. The molecule has 0 saturated heterocycles. The highest BCUT2D eigenvalue weighted by molar-refractivity contribution is 7.90. The van der Waals surface area contributed by atoms with Crippen LogP contribution in [0.4, 0.5) is 0 Å². The SMILES string of the molecule is CCCn1c(S(=O)(=O)Cc2ccc(Cl)c(Cl)c2)nc(-c2ccccc2)c1-c1ccccc1. The van der Waals surface area contributed by atoms with E-state index in [-0.39, 0.29) is 10.9 Å². The predicted octanol–water partition coefficient (Wildman–Crippen LogP) is 6.91. The molecule has 7 heteroatoms. The number of sulfone groups is 1. The van der Waals surface area contributed by atoms with Gasteiger partial charge in [-0.3, -0.25) is 0 Å². The van der Waals surface area contributed by atoms with E-state index in [9.17, 15) is 8.42 Å². The molecule has 0 bridgehead atoms. The molecule has 32 heavy (non-hydrogen) atoms. The molecule has 0 fully saturated rings. The van der Waals surface area contributed by atoms with Crippen LogP contribution in [0.3, 0.4) is 0 Å². The number of aromatic nitrogens is 2. The molecule has 1 heterocycles. The van der Waals surface area contributed by atoms with E-state index in [1.165, 1.54) is 0 Å². The van der Waals surface area contributed by atoms with Crippen molar-refractivity contribution in [3.05, 3.63) is 94.5 Å². The van der Waals surface area contributed by atoms with Crippen molar-refractivity contribution < 1.29 is 8.42 Å². The van der Waals surface area contributed by atoms with Crippen LogP contribution >= 0.6 is 23.2 Å². The standard InChI is InChI=1S/C25H22Cl2N2O2S/c1-2-15-29-24(20-11-7-4-8-12-20)23(19-9-5-3-6-10-19)28-25(29)32(30,31)17-18-13-14-21(26)22(27)16-18/h3-14,16H,2,15,17H2,1H3. The van der Waals surface area contributed by atoms with Gasteiger partial charge in [-0.05, 0) is 24.1 Å². The number of hydrogen-bond acceptors (Lipinski definition) is 3. The Kier molecular flexibility index (Phi) is 6.70. The van der Waals surface area contributed by atoms with Crippen LogP contribution < -0.4 is 0 Å². The second-order valence-corrected chi connectivity index (χ2v) is 10.2. The van der Waals surface area contributed by atoms with Crippen molar-refractivity contribution in [2.75, 3.05) is 0 Å². The smallest absolute Gasteiger partial charge is 0.229 e. The van der Waals surface area contributed by atoms with Crippen molar-refractivity contribution in [1.82, 2.24) is 9.55 Å². The highest BCUT2D eigenvalue weighted by atomic mass is 35.5. The summed E-state index contributed by atoms with van der Waals surface area (Å²) in [5, 5.41) is 0.771. The van der Waals surface area contributed by atoms with Crippen molar-refractivity contribution in [2.45, 2.75) is 30.8 Å². The van der Waals surface area contributed by atoms with E-state index in [1.54, 1.807) is 18.2 Å². The summed E-state index contributed by atoms with van der Waals surface area (Å²) < 4.78 is 28.9. The maximum Gasteiger partial charge on any atom is 0.229 e. The van der Waals surface area contributed by atoms with Crippen molar-refractivity contribution in [3.63, 3.8) is 0 Å². The minimum absolute atomic E-state index is 0.0585. The van der Waals surface area contributed by atoms with Crippen LogP contribution in [0.2, 0.25) is 10.0 Å². The van der Waals surface area contributed by atoms with Gasteiger partial charge in [-0.25, -0.2) is 13.4 Å². The monoisotopic (exact) mass is 484 g/mol. The van der Waals surface area contributed by atoms with E-state index < -0.39 is 9.84 Å². The lowest BCUT2D eigenvalue weighted by atomic mass is 10.0. The fourth-order valence-electron chi connectivity index (χ4n) is 3.70. The molecule has 0 radical (unpaired) electrons. The number of halogens is 2. The average molecular weight is 485 g/mol. The minimum Gasteiger partial charge on any atom is -0.314 e. The van der Waals surface area contributed by atoms with Gasteiger partial charge in [0.1, 0.15) is 0 Å². The summed E-state index contributed by atoms with van der Waals surface area (Å²) >= 11 is 12.1. The molecule has 0 aliphatic heterocycles. The summed E-state index contributed by atoms with van der Waals surface area (Å²) in [6.07, 6.45) is 0.764. The van der Waals surface area contributed by atoms with E-state index in [0.29, 0.717) is 27.8 Å². The van der Waals surface area contributed by atoms with Crippen LogP contribution in [0.15, 0.2) is 84.0 Å². The summed E-state index contributed by atoms with van der Waals surface area (Å²) in [6.45, 7) is 2.55. The van der Waals surface area contributed by atoms with Gasteiger partial charge < -0.3 is 4.57 Å². The Morgan fingerprint density at radius 1 is 0.844 bits per heavy atom. The quantitative estimate of drug-likeness (QED) is 0.286. The zero-order chi connectivity index (χ0) is 22.7. The summed E-state index contributed by atoms with van der Waals surface area (Å²) in [6, 6.07) is 24.3. The largest absolute Gasteiger partial charge is 0.314 e. The molecule has 1 aromatic heterocycles. The van der Waals surface area contributed by atoms with Gasteiger partial charge >= 0.3 is 0 Å². The first-order chi connectivity index (χ1) is 15.4. The topological polar surface area (TPSA) is 52.0 Å². The highest BCUT2D eigenvalue weighted by Gasteiger charge is 2.28. The highest BCUT2D eigenvalue weighted by Crippen LogP contribution is 2.35. The van der Waals surface area contributed by atoms with Crippen LogP contribution in [-0.4, -0.2) is 18.0 Å². The lowest BCUT2D eigenvalue weighted by molar-refractivity contribution is 0.558. The Hall–Kier alpha value is -2.60. The molecule has 0 saturated carbocycles. The van der Waals surface area contributed by atoms with Crippen LogP contribution in [0, 0.1) is 0 Å². The fraction of sp³-hybridized carbons (Fsp3) is 0.160. The van der Waals surface area contributed by atoms with Crippen molar-refractivity contribution in [1.29, 1.82) is 0 Å². The van der Waals surface area contributed by atoms with Gasteiger partial charge in [0.25, 0.3) is 0 Å². The second-order valence-electron chi connectivity index (χ2n) is 7.48. The third-order valence-electron chi connectivity index (χ3n) is 5.09. The lowest BCUT2D eigenvalue weighted by Crippen LogP contribution is -2.14. The van der Waals surface area contributed by atoms with Crippen molar-refractivity contribution in [3.8, 4) is 22.5 Å². The minimum atomic E-state index is -3.76. The molecule has 164 valence electrons. The molecule has 4 nitrogen and oxygen atoms in total. The Morgan fingerprint density at radius 3 is 2.06 bits per heavy atom. The van der Waals surface area contributed by atoms with Crippen LogP contribution in [0.1, 0.15) is 18.9 Å². The van der Waals surface area contributed by atoms with E-state index in [0.717, 1.165) is 23.2 Å². The van der Waals surface area contributed by atoms with Gasteiger partial charge in [0, 0.05) is 17.7 Å². The van der Waals surface area contributed by atoms with Crippen molar-refractivity contribution in [2.24, 2.45) is 0 Å². The van der Waals surface area contributed by atoms with Crippen LogP contribution in [0.5, 0.6) is 0 Å². The number of benzene rings is 3. The number of rotatable bonds is 7. The van der Waals surface area contributed by atoms with E-state index in [1.807, 2.05) is 72.2 Å². The maximum atomic E-state index is 13.6. The first-order valence-corrected chi connectivity index (χ1v) is 12.7. The van der Waals surface area contributed by atoms with Gasteiger partial charge in [0.15, 0.2) is 0 Å². The zero-order valence-corrected chi connectivity index (χ0v) is 19.8. The lowest BCUT2D eigenvalue weighted by Gasteiger charge is -2.13. The van der Waals surface area contributed by atoms with Gasteiger partial charge in [0.05, 0.1) is 27.2 Å². The molecule has 4 aromatic rings. The van der Waals surface area contributed by atoms with E-state index in [2.05, 4.69) is 0 Å². The van der Waals surface area contributed by atoms with E-state index in [4.69, 9.17) is 28.2 Å². The molecule has 0 amide bonds. The Bertz CT molecular complexity index is 1340. The molecule has 0 aliphatic rings. The van der Waals surface area contributed by atoms with E-state index >= 15 is 0 Å². The Balaban J connectivity index is 1.91. The average Bonchev–Trinajstić information content (AvgIpc) is 3.18.